The van der Waals surface area contributed by atoms with Crippen LogP contribution in [-0.2, 0) is 31.4 Å². The summed E-state index contributed by atoms with van der Waals surface area (Å²) >= 11 is 0. The largest absolute Gasteiger partial charge is 0.481 e. The van der Waals surface area contributed by atoms with E-state index in [1.54, 1.807) is 13.8 Å². The summed E-state index contributed by atoms with van der Waals surface area (Å²) in [4.78, 5) is 56.2. The molecular formula is C5H16O14P4. The average Bonchev–Trinajstić information content (AvgIpc) is 2.05. The van der Waals surface area contributed by atoms with Crippen LogP contribution in [0.25, 0.3) is 0 Å². The van der Waals surface area contributed by atoms with Crippen LogP contribution in [0.3, 0.4) is 0 Å². The van der Waals surface area contributed by atoms with Crippen LogP contribution in [0.2, 0.25) is 0 Å². The number of phosphoric acid groups is 4. The normalized spacial score (nSPS) is 15.2. The SMILES string of the molecule is CC(C)=CCOP(=O)(O)OP(=O)(O)O.O=P(O)(O)OP(=O)(O)O. The van der Waals surface area contributed by atoms with Gasteiger partial charge in [0.1, 0.15) is 0 Å². The molecule has 0 spiro atoms. The lowest BCUT2D eigenvalue weighted by Crippen LogP contribution is -1.94. The predicted molar refractivity (Wildman–Crippen MR) is 73.5 cm³/mol. The van der Waals surface area contributed by atoms with Gasteiger partial charge in [0.2, 0.25) is 0 Å². The van der Waals surface area contributed by atoms with E-state index in [9.17, 15) is 18.3 Å². The van der Waals surface area contributed by atoms with Crippen molar-refractivity contribution in [3.05, 3.63) is 11.6 Å². The van der Waals surface area contributed by atoms with Crippen LogP contribution in [0.15, 0.2) is 11.6 Å². The van der Waals surface area contributed by atoms with Crippen molar-refractivity contribution >= 4 is 31.3 Å². The molecule has 0 saturated carbocycles. The van der Waals surface area contributed by atoms with Crippen LogP contribution in [0.5, 0.6) is 0 Å². The molecule has 14 nitrogen and oxygen atoms in total. The second kappa shape index (κ2) is 9.67. The highest BCUT2D eigenvalue weighted by Gasteiger charge is 2.31. The molecule has 0 bridgehead atoms. The second-order valence-corrected chi connectivity index (χ2v) is 9.13. The number of phosphoric ester groups is 1. The van der Waals surface area contributed by atoms with Gasteiger partial charge in [-0.15, -0.1) is 0 Å². The van der Waals surface area contributed by atoms with Crippen LogP contribution in [0.4, 0.5) is 0 Å². The Hall–Kier alpha value is 0.260. The summed E-state index contributed by atoms with van der Waals surface area (Å²) in [6, 6.07) is 0. The molecule has 0 saturated heterocycles. The summed E-state index contributed by atoms with van der Waals surface area (Å²) in [5.41, 5.74) is 0.834. The van der Waals surface area contributed by atoms with Gasteiger partial charge in [-0.1, -0.05) is 11.6 Å². The summed E-state index contributed by atoms with van der Waals surface area (Å²) in [6.45, 7) is 3.21. The zero-order valence-corrected chi connectivity index (χ0v) is 15.1. The van der Waals surface area contributed by atoms with Crippen molar-refractivity contribution < 1.29 is 65.7 Å². The molecule has 0 aliphatic heterocycles. The van der Waals surface area contributed by atoms with Crippen LogP contribution in [0, 0.1) is 0 Å². The van der Waals surface area contributed by atoms with E-state index in [4.69, 9.17) is 34.3 Å². The first-order chi connectivity index (χ1) is 9.83. The molecule has 0 aliphatic rings. The zero-order chi connectivity index (χ0) is 19.1. The van der Waals surface area contributed by atoms with E-state index in [2.05, 4.69) is 13.1 Å². The molecule has 0 aliphatic carbocycles. The van der Waals surface area contributed by atoms with Crippen molar-refractivity contribution in [1.82, 2.24) is 0 Å². The Kier molecular flexibility index (Phi) is 10.7. The topological polar surface area (TPSA) is 238 Å². The van der Waals surface area contributed by atoms with E-state index >= 15 is 0 Å². The summed E-state index contributed by atoms with van der Waals surface area (Å²) in [7, 11) is -19.8. The molecule has 0 rings (SSSR count). The second-order valence-electron chi connectivity index (χ2n) is 3.68. The van der Waals surface area contributed by atoms with Gasteiger partial charge in [-0.25, -0.2) is 18.3 Å². The van der Waals surface area contributed by atoms with E-state index in [1.165, 1.54) is 6.08 Å². The van der Waals surface area contributed by atoms with Gasteiger partial charge in [-0.05, 0) is 13.8 Å². The lowest BCUT2D eigenvalue weighted by atomic mass is 10.3. The van der Waals surface area contributed by atoms with E-state index in [0.717, 1.165) is 5.57 Å². The van der Waals surface area contributed by atoms with Gasteiger partial charge in [-0.3, -0.25) is 4.52 Å². The van der Waals surface area contributed by atoms with Crippen molar-refractivity contribution in [1.29, 1.82) is 0 Å². The van der Waals surface area contributed by atoms with Gasteiger partial charge in [0, 0.05) is 0 Å². The Morgan fingerprint density at radius 1 is 0.783 bits per heavy atom. The third kappa shape index (κ3) is 24.6. The quantitative estimate of drug-likeness (QED) is 0.216. The predicted octanol–water partition coefficient (Wildman–Crippen LogP) is 0.367. The minimum absolute atomic E-state index is 0.254. The number of rotatable bonds is 7. The van der Waals surface area contributed by atoms with Gasteiger partial charge >= 0.3 is 31.3 Å². The molecule has 18 heteroatoms. The van der Waals surface area contributed by atoms with Crippen molar-refractivity contribution in [2.45, 2.75) is 13.8 Å². The Balaban J connectivity index is 0. The van der Waals surface area contributed by atoms with Gasteiger partial charge in [-0.2, -0.15) is 8.62 Å². The van der Waals surface area contributed by atoms with Crippen molar-refractivity contribution in [3.8, 4) is 0 Å². The first-order valence-corrected chi connectivity index (χ1v) is 11.1. The number of allylic oxidation sites excluding steroid dienone is 1. The van der Waals surface area contributed by atoms with Gasteiger partial charge in [0.05, 0.1) is 6.61 Å². The minimum Gasteiger partial charge on any atom is -0.302 e. The third-order valence-electron chi connectivity index (χ3n) is 1.15. The summed E-state index contributed by atoms with van der Waals surface area (Å²) < 4.78 is 51.0. The van der Waals surface area contributed by atoms with E-state index in [-0.39, 0.29) is 6.61 Å². The first kappa shape index (κ1) is 25.5. The van der Waals surface area contributed by atoms with Gasteiger partial charge < -0.3 is 34.3 Å². The van der Waals surface area contributed by atoms with Crippen LogP contribution < -0.4 is 0 Å². The molecule has 0 aromatic carbocycles. The Morgan fingerprint density at radius 3 is 1.35 bits per heavy atom. The maximum Gasteiger partial charge on any atom is 0.481 e. The molecule has 0 heterocycles. The number of hydrogen-bond acceptors (Lipinski definition) is 7. The fraction of sp³-hybridized carbons (Fsp3) is 0.600. The van der Waals surface area contributed by atoms with E-state index in [1.807, 2.05) is 0 Å². The van der Waals surface area contributed by atoms with Gasteiger partial charge in [0.15, 0.2) is 0 Å². The van der Waals surface area contributed by atoms with E-state index < -0.39 is 31.3 Å². The maximum atomic E-state index is 10.8. The monoisotopic (exact) mass is 424 g/mol. The molecule has 0 fully saturated rings. The molecule has 0 amide bonds. The highest BCUT2D eigenvalue weighted by atomic mass is 31.3. The first-order valence-electron chi connectivity index (χ1n) is 5.03. The highest BCUT2D eigenvalue weighted by Crippen LogP contribution is 2.57. The molecule has 0 radical (unpaired) electrons. The molecule has 140 valence electrons. The lowest BCUT2D eigenvalue weighted by molar-refractivity contribution is 0.190. The smallest absolute Gasteiger partial charge is 0.302 e. The standard InChI is InChI=1S/C5H12O7P2.H4O7P2/c1-5(2)3-4-11-14(9,10)12-13(6,7)8;1-8(2,3)7-9(4,5)6/h3H,4H2,1-2H3,(H,9,10)(H2,6,7,8);(H2,1,2,3)(H2,4,5,6). The average molecular weight is 424 g/mol. The van der Waals surface area contributed by atoms with Crippen molar-refractivity contribution in [2.24, 2.45) is 0 Å². The molecule has 7 N–H and O–H groups in total. The molecule has 1 atom stereocenters. The minimum atomic E-state index is -5.05. The molecule has 0 aromatic heterocycles. The molecular weight excluding hydrogens is 408 g/mol. The van der Waals surface area contributed by atoms with Crippen LogP contribution in [-0.4, -0.2) is 40.9 Å². The summed E-state index contributed by atoms with van der Waals surface area (Å²) in [5.74, 6) is 0. The van der Waals surface area contributed by atoms with Crippen LogP contribution in [0.1, 0.15) is 13.8 Å². The molecule has 1 unspecified atom stereocenters. The van der Waals surface area contributed by atoms with Crippen molar-refractivity contribution in [2.75, 3.05) is 6.61 Å². The van der Waals surface area contributed by atoms with E-state index in [0.29, 0.717) is 0 Å². The van der Waals surface area contributed by atoms with Crippen molar-refractivity contribution in [3.63, 3.8) is 0 Å². The molecule has 23 heavy (non-hydrogen) atoms. The fourth-order valence-electron chi connectivity index (χ4n) is 0.595. The highest BCUT2D eigenvalue weighted by molar-refractivity contribution is 7.60. The van der Waals surface area contributed by atoms with Crippen LogP contribution >= 0.6 is 31.3 Å². The number of hydrogen-bond donors (Lipinski definition) is 7. The zero-order valence-electron chi connectivity index (χ0n) is 11.6. The maximum absolute atomic E-state index is 10.8. The third-order valence-corrected chi connectivity index (χ3v) is 5.01. The summed E-state index contributed by atoms with van der Waals surface area (Å²) in [6.07, 6.45) is 1.46. The van der Waals surface area contributed by atoms with Gasteiger partial charge in [0.25, 0.3) is 0 Å². The Morgan fingerprint density at radius 2 is 1.13 bits per heavy atom. The lowest BCUT2D eigenvalue weighted by Gasteiger charge is -2.10. The fourth-order valence-corrected chi connectivity index (χ4v) is 3.23. The Labute approximate surface area is 130 Å². The Bertz CT molecular complexity index is 552. The molecule has 0 aromatic rings. The summed E-state index contributed by atoms with van der Waals surface area (Å²) in [5, 5.41) is 0.